The van der Waals surface area contributed by atoms with Gasteiger partial charge in [-0.2, -0.15) is 0 Å². The Morgan fingerprint density at radius 3 is 1.68 bits per heavy atom. The molecule has 2 aliphatic heterocycles. The summed E-state index contributed by atoms with van der Waals surface area (Å²) in [5.74, 6) is -0.470. The topological polar surface area (TPSA) is 101 Å². The molecule has 0 aliphatic carbocycles. The molecule has 7 nitrogen and oxygen atoms in total. The zero-order chi connectivity index (χ0) is 30.2. The maximum absolute atomic E-state index is 13.6. The van der Waals surface area contributed by atoms with Gasteiger partial charge in [-0.05, 0) is 73.5 Å². The first-order valence-corrected chi connectivity index (χ1v) is 14.4. The molecule has 0 unspecified atom stereocenters. The Labute approximate surface area is 253 Å². The van der Waals surface area contributed by atoms with E-state index < -0.39 is 5.97 Å². The van der Waals surface area contributed by atoms with Crippen molar-refractivity contribution in [3.05, 3.63) is 119 Å². The van der Waals surface area contributed by atoms with E-state index >= 15 is 0 Å². The number of hydrogen-bond donors (Lipinski definition) is 2. The highest BCUT2D eigenvalue weighted by Crippen LogP contribution is 2.34. The van der Waals surface area contributed by atoms with Crippen LogP contribution in [0, 0.1) is 0 Å². The van der Waals surface area contributed by atoms with Gasteiger partial charge in [-0.1, -0.05) is 60.7 Å². The van der Waals surface area contributed by atoms with E-state index in [9.17, 15) is 9.59 Å². The van der Waals surface area contributed by atoms with Crippen molar-refractivity contribution in [1.82, 2.24) is 19.9 Å². The quantitative estimate of drug-likeness (QED) is 0.158. The average molecular weight is 577 g/mol. The number of aldehydes is 1. The Balaban J connectivity index is 1.67. The van der Waals surface area contributed by atoms with E-state index in [1.165, 1.54) is 0 Å². The number of ether oxygens (including phenoxy) is 1. The second-order valence-electron chi connectivity index (χ2n) is 10.8. The fourth-order valence-electron chi connectivity index (χ4n) is 5.66. The van der Waals surface area contributed by atoms with Crippen molar-refractivity contribution < 1.29 is 14.3 Å². The number of carbonyl (C=O) groups is 2. The molecule has 214 valence electrons. The highest BCUT2D eigenvalue weighted by molar-refractivity contribution is 6.04. The van der Waals surface area contributed by atoms with Crippen molar-refractivity contribution in [3.8, 4) is 22.3 Å². The van der Waals surface area contributed by atoms with E-state index in [1.54, 1.807) is 0 Å². The monoisotopic (exact) mass is 576 g/mol. The molecule has 2 aromatic carbocycles. The van der Waals surface area contributed by atoms with E-state index in [4.69, 9.17) is 14.7 Å². The molecule has 2 N–H and O–H groups in total. The lowest BCUT2D eigenvalue weighted by Crippen LogP contribution is -2.13. The number of benzene rings is 2. The lowest BCUT2D eigenvalue weighted by molar-refractivity contribution is 0.0379. The third-order valence-electron chi connectivity index (χ3n) is 7.58. The van der Waals surface area contributed by atoms with Gasteiger partial charge in [-0.3, -0.25) is 4.79 Å². The summed E-state index contributed by atoms with van der Waals surface area (Å²) in [7, 11) is 0. The first-order valence-electron chi connectivity index (χ1n) is 14.4. The molecule has 44 heavy (non-hydrogen) atoms. The van der Waals surface area contributed by atoms with Gasteiger partial charge in [-0.15, -0.1) is 0 Å². The van der Waals surface area contributed by atoms with Gasteiger partial charge in [0.25, 0.3) is 0 Å². The van der Waals surface area contributed by atoms with Crippen molar-refractivity contribution in [3.63, 3.8) is 0 Å². The van der Waals surface area contributed by atoms with Crippen molar-refractivity contribution >= 4 is 58.6 Å². The van der Waals surface area contributed by atoms with Crippen LogP contribution in [0.25, 0.3) is 68.6 Å². The molecular formula is C37H28N4O3. The van der Waals surface area contributed by atoms with Gasteiger partial charge in [0.2, 0.25) is 0 Å². The number of carbonyl (C=O) groups excluding carboxylic acids is 2. The summed E-state index contributed by atoms with van der Waals surface area (Å²) in [5, 5.41) is 0. The van der Waals surface area contributed by atoms with Gasteiger partial charge in [0.1, 0.15) is 5.56 Å². The number of esters is 1. The second kappa shape index (κ2) is 11.1. The van der Waals surface area contributed by atoms with Crippen LogP contribution in [0.2, 0.25) is 0 Å². The SMILES string of the molecule is CC(C)OC(=O)c1c2nc(c(-c3ccccc3)c3ccc([nH]3)c(C=O)c3nc(c(-c4ccccc4)c4ccc1[nH]4)C=C3)C=C2. The molecule has 0 amide bonds. The minimum absolute atomic E-state index is 0.315. The maximum atomic E-state index is 13.6. The third-order valence-corrected chi connectivity index (χ3v) is 7.58. The summed E-state index contributed by atoms with van der Waals surface area (Å²) in [5.41, 5.74) is 9.48. The predicted molar refractivity (Wildman–Crippen MR) is 176 cm³/mol. The summed E-state index contributed by atoms with van der Waals surface area (Å²) in [6.45, 7) is 3.65. The van der Waals surface area contributed by atoms with E-state index in [2.05, 4.69) is 9.97 Å². The summed E-state index contributed by atoms with van der Waals surface area (Å²) in [6, 6.07) is 27.4. The minimum Gasteiger partial charge on any atom is -0.459 e. The van der Waals surface area contributed by atoms with Crippen LogP contribution < -0.4 is 0 Å². The van der Waals surface area contributed by atoms with Crippen molar-refractivity contribution in [2.24, 2.45) is 0 Å². The molecule has 7 rings (SSSR count). The maximum Gasteiger partial charge on any atom is 0.342 e. The highest BCUT2D eigenvalue weighted by atomic mass is 16.5. The number of H-pyrrole nitrogens is 2. The van der Waals surface area contributed by atoms with Crippen LogP contribution in [0.15, 0.2) is 84.9 Å². The third kappa shape index (κ3) is 4.84. The molecule has 2 aliphatic rings. The fourth-order valence-corrected chi connectivity index (χ4v) is 5.66. The number of aromatic nitrogens is 4. The van der Waals surface area contributed by atoms with E-state index in [0.29, 0.717) is 44.9 Å². The average Bonchev–Trinajstić information content (AvgIpc) is 3.85. The van der Waals surface area contributed by atoms with Gasteiger partial charge >= 0.3 is 5.97 Å². The van der Waals surface area contributed by atoms with Crippen LogP contribution in [0.1, 0.15) is 57.3 Å². The van der Waals surface area contributed by atoms with Crippen molar-refractivity contribution in [1.29, 1.82) is 0 Å². The van der Waals surface area contributed by atoms with Crippen molar-refractivity contribution in [2.45, 2.75) is 20.0 Å². The smallest absolute Gasteiger partial charge is 0.342 e. The lowest BCUT2D eigenvalue weighted by Gasteiger charge is -2.09. The van der Waals surface area contributed by atoms with Crippen LogP contribution in [0.3, 0.4) is 0 Å². The van der Waals surface area contributed by atoms with Gasteiger partial charge in [0, 0.05) is 22.2 Å². The Morgan fingerprint density at radius 2 is 1.11 bits per heavy atom. The van der Waals surface area contributed by atoms with E-state index in [0.717, 1.165) is 39.6 Å². The van der Waals surface area contributed by atoms with Gasteiger partial charge < -0.3 is 14.7 Å². The molecule has 0 spiro atoms. The molecule has 8 bridgehead atoms. The first kappa shape index (κ1) is 27.0. The number of hydrogen-bond acceptors (Lipinski definition) is 5. The Morgan fingerprint density at radius 1 is 0.636 bits per heavy atom. The largest absolute Gasteiger partial charge is 0.459 e. The number of aromatic amines is 2. The van der Waals surface area contributed by atoms with Crippen LogP contribution in [0.4, 0.5) is 0 Å². The molecule has 5 aromatic rings. The molecule has 0 fully saturated rings. The summed E-state index contributed by atoms with van der Waals surface area (Å²) < 4.78 is 5.72. The van der Waals surface area contributed by atoms with Crippen LogP contribution in [-0.4, -0.2) is 38.3 Å². The molecule has 0 saturated carbocycles. The van der Waals surface area contributed by atoms with Gasteiger partial charge in [-0.25, -0.2) is 14.8 Å². The molecule has 0 atom stereocenters. The Hall–Kier alpha value is -5.82. The normalized spacial score (nSPS) is 12.1. The zero-order valence-electron chi connectivity index (χ0n) is 24.2. The number of fused-ring (bicyclic) bond motifs is 8. The van der Waals surface area contributed by atoms with Gasteiger partial charge in [0.15, 0.2) is 6.29 Å². The molecule has 7 heteroatoms. The standard InChI is InChI=1S/C37H28N4O3/c1-22(2)44-37(43)36-32-19-17-30(40-32)34(23-9-5-3-6-10-23)28-15-13-26(38-28)25(21-42)27-14-16-29(39-27)35(24-11-7-4-8-12-24)31-18-20-33(36)41-31/h3-22,38,41H,1-2H3. The summed E-state index contributed by atoms with van der Waals surface area (Å²) in [4.78, 5) is 43.0. The molecule has 5 heterocycles. The first-order chi connectivity index (χ1) is 21.5. The minimum atomic E-state index is -0.470. The molecule has 3 aromatic heterocycles. The second-order valence-corrected chi connectivity index (χ2v) is 10.8. The zero-order valence-corrected chi connectivity index (χ0v) is 24.2. The Bertz CT molecular complexity index is 2120. The van der Waals surface area contributed by atoms with Gasteiger partial charge in [0.05, 0.1) is 45.5 Å². The van der Waals surface area contributed by atoms with Crippen molar-refractivity contribution in [2.75, 3.05) is 0 Å². The number of nitrogens with zero attached hydrogens (tertiary/aromatic N) is 2. The number of rotatable bonds is 5. The molecule has 0 saturated heterocycles. The molecular weight excluding hydrogens is 548 g/mol. The van der Waals surface area contributed by atoms with Crippen LogP contribution in [-0.2, 0) is 4.74 Å². The fraction of sp³-hybridized carbons (Fsp3) is 0.0811. The van der Waals surface area contributed by atoms with Crippen LogP contribution >= 0.6 is 0 Å². The summed E-state index contributed by atoms with van der Waals surface area (Å²) in [6.07, 6.45) is 8.03. The molecule has 0 radical (unpaired) electrons. The Kier molecular flexibility index (Phi) is 6.83. The van der Waals surface area contributed by atoms with Crippen LogP contribution in [0.5, 0.6) is 0 Å². The lowest BCUT2D eigenvalue weighted by atomic mass is 10.0. The summed E-state index contributed by atoms with van der Waals surface area (Å²) >= 11 is 0. The highest BCUT2D eigenvalue weighted by Gasteiger charge is 2.21. The van der Waals surface area contributed by atoms with E-state index in [-0.39, 0.29) is 6.10 Å². The number of nitrogens with one attached hydrogen (secondary N) is 2. The van der Waals surface area contributed by atoms with E-state index in [1.807, 2.05) is 123 Å². The predicted octanol–water partition coefficient (Wildman–Crippen LogP) is 8.37.